The molecule has 1 aromatic rings. The first kappa shape index (κ1) is 16.2. The number of urea groups is 1. The van der Waals surface area contributed by atoms with Crippen molar-refractivity contribution in [1.82, 2.24) is 5.32 Å². The number of rotatable bonds is 6. The third-order valence-electron chi connectivity index (χ3n) is 2.38. The fraction of sp³-hybridized carbons (Fsp3) is 0.273. The summed E-state index contributed by atoms with van der Waals surface area (Å²) in [6.45, 7) is -0.515. The zero-order chi connectivity index (χ0) is 16.0. The number of hydrogen-bond donors (Lipinski definition) is 4. The van der Waals surface area contributed by atoms with Crippen LogP contribution in [0.5, 0.6) is 5.75 Å². The van der Waals surface area contributed by atoms with Crippen molar-refractivity contribution in [3.8, 4) is 5.75 Å². The van der Waals surface area contributed by atoms with Crippen molar-refractivity contribution in [3.05, 3.63) is 28.3 Å². The first-order valence-corrected chi connectivity index (χ1v) is 5.63. The van der Waals surface area contributed by atoms with E-state index < -0.39 is 29.6 Å². The van der Waals surface area contributed by atoms with Gasteiger partial charge in [-0.05, 0) is 6.07 Å². The van der Waals surface area contributed by atoms with Crippen molar-refractivity contribution in [2.75, 3.05) is 19.0 Å². The molecule has 0 aliphatic rings. The van der Waals surface area contributed by atoms with E-state index in [1.54, 1.807) is 0 Å². The second kappa shape index (κ2) is 7.05. The minimum atomic E-state index is -1.75. The summed E-state index contributed by atoms with van der Waals surface area (Å²) in [5, 5.41) is 32.5. The van der Waals surface area contributed by atoms with E-state index >= 15 is 0 Å². The number of aliphatic hydroxyl groups is 1. The number of non-ortho nitro benzene ring substituents is 1. The van der Waals surface area contributed by atoms with E-state index in [1.807, 2.05) is 0 Å². The van der Waals surface area contributed by atoms with E-state index in [4.69, 9.17) is 14.9 Å². The number of carboxylic acid groups (broad SMARTS) is 1. The van der Waals surface area contributed by atoms with Gasteiger partial charge in [-0.2, -0.15) is 0 Å². The smallest absolute Gasteiger partial charge is 0.334 e. The Labute approximate surface area is 118 Å². The van der Waals surface area contributed by atoms with E-state index in [9.17, 15) is 19.7 Å². The van der Waals surface area contributed by atoms with E-state index in [-0.39, 0.29) is 17.1 Å². The molecule has 0 aliphatic heterocycles. The van der Waals surface area contributed by atoms with Gasteiger partial charge in [-0.25, -0.2) is 9.59 Å². The van der Waals surface area contributed by atoms with Gasteiger partial charge in [0.15, 0.2) is 6.10 Å². The summed E-state index contributed by atoms with van der Waals surface area (Å²) in [5.74, 6) is -1.29. The quantitative estimate of drug-likeness (QED) is 0.431. The molecule has 10 heteroatoms. The van der Waals surface area contributed by atoms with Crippen molar-refractivity contribution < 1.29 is 29.5 Å². The van der Waals surface area contributed by atoms with Gasteiger partial charge in [-0.1, -0.05) is 0 Å². The number of aliphatic hydroxyl groups excluding tert-OH is 1. The van der Waals surface area contributed by atoms with Crippen LogP contribution in [0, 0.1) is 10.1 Å². The predicted octanol–water partition coefficient (Wildman–Crippen LogP) is 0.170. The number of nitrogens with zero attached hydrogens (tertiary/aromatic N) is 1. The molecular weight excluding hydrogens is 286 g/mol. The normalized spacial score (nSPS) is 11.3. The monoisotopic (exact) mass is 299 g/mol. The molecule has 1 rings (SSSR count). The zero-order valence-electron chi connectivity index (χ0n) is 10.9. The first-order chi connectivity index (χ1) is 9.85. The number of carboxylic acids is 1. The molecule has 114 valence electrons. The Morgan fingerprint density at radius 3 is 2.67 bits per heavy atom. The van der Waals surface area contributed by atoms with Gasteiger partial charge in [0.2, 0.25) is 0 Å². The Balaban J connectivity index is 2.76. The van der Waals surface area contributed by atoms with Gasteiger partial charge in [-0.15, -0.1) is 0 Å². The molecular formula is C11H13N3O7. The predicted molar refractivity (Wildman–Crippen MR) is 70.3 cm³/mol. The Morgan fingerprint density at radius 1 is 1.48 bits per heavy atom. The topological polar surface area (TPSA) is 151 Å². The summed E-state index contributed by atoms with van der Waals surface area (Å²) in [6.07, 6.45) is -1.75. The zero-order valence-corrected chi connectivity index (χ0v) is 10.9. The number of aliphatic carboxylic acids is 1. The van der Waals surface area contributed by atoms with Gasteiger partial charge < -0.3 is 25.6 Å². The van der Waals surface area contributed by atoms with Crippen LogP contribution in [0.25, 0.3) is 0 Å². The molecule has 0 spiro atoms. The molecule has 0 aliphatic carbocycles. The van der Waals surface area contributed by atoms with Crippen LogP contribution in [-0.2, 0) is 4.79 Å². The third kappa shape index (κ3) is 4.62. The Kier molecular flexibility index (Phi) is 5.43. The minimum Gasteiger partial charge on any atom is -0.495 e. The van der Waals surface area contributed by atoms with Crippen molar-refractivity contribution in [2.45, 2.75) is 6.10 Å². The van der Waals surface area contributed by atoms with Crippen molar-refractivity contribution in [1.29, 1.82) is 0 Å². The Bertz CT molecular complexity index is 561. The fourth-order valence-electron chi connectivity index (χ4n) is 1.35. The SMILES string of the molecule is COc1ccc([N+](=O)[O-])cc1NC(=O)NCC(O)C(=O)O. The number of carbonyl (C=O) groups is 2. The molecule has 0 saturated carbocycles. The molecule has 1 aromatic carbocycles. The van der Waals surface area contributed by atoms with Gasteiger partial charge in [0.25, 0.3) is 5.69 Å². The highest BCUT2D eigenvalue weighted by atomic mass is 16.6. The molecule has 1 unspecified atom stereocenters. The molecule has 0 saturated heterocycles. The fourth-order valence-corrected chi connectivity index (χ4v) is 1.35. The molecule has 0 heterocycles. The minimum absolute atomic E-state index is 0.0361. The van der Waals surface area contributed by atoms with Crippen LogP contribution in [-0.4, -0.2) is 46.9 Å². The lowest BCUT2D eigenvalue weighted by atomic mass is 10.2. The molecule has 0 radical (unpaired) electrons. The lowest BCUT2D eigenvalue weighted by molar-refractivity contribution is -0.384. The second-order valence-electron chi connectivity index (χ2n) is 3.83. The maximum atomic E-state index is 11.5. The summed E-state index contributed by atoms with van der Waals surface area (Å²) in [6, 6.07) is 2.76. The number of anilines is 1. The van der Waals surface area contributed by atoms with Gasteiger partial charge in [0.1, 0.15) is 5.75 Å². The first-order valence-electron chi connectivity index (χ1n) is 5.63. The number of nitro benzene ring substituents is 1. The lowest BCUT2D eigenvalue weighted by Gasteiger charge is -2.12. The number of carbonyl (C=O) groups excluding carboxylic acids is 1. The molecule has 2 amide bonds. The van der Waals surface area contributed by atoms with Crippen LogP contribution < -0.4 is 15.4 Å². The van der Waals surface area contributed by atoms with Gasteiger partial charge in [0, 0.05) is 12.1 Å². The molecule has 21 heavy (non-hydrogen) atoms. The molecule has 4 N–H and O–H groups in total. The average Bonchev–Trinajstić information content (AvgIpc) is 2.44. The summed E-state index contributed by atoms with van der Waals surface area (Å²) in [5.41, 5.74) is -0.217. The average molecular weight is 299 g/mol. The summed E-state index contributed by atoms with van der Waals surface area (Å²) < 4.78 is 4.94. The highest BCUT2D eigenvalue weighted by molar-refractivity contribution is 5.91. The van der Waals surface area contributed by atoms with Crippen molar-refractivity contribution >= 4 is 23.4 Å². The van der Waals surface area contributed by atoms with Crippen LogP contribution in [0.2, 0.25) is 0 Å². The second-order valence-corrected chi connectivity index (χ2v) is 3.83. The van der Waals surface area contributed by atoms with Crippen LogP contribution in [0.15, 0.2) is 18.2 Å². The third-order valence-corrected chi connectivity index (χ3v) is 2.38. The number of nitrogens with one attached hydrogen (secondary N) is 2. The molecule has 10 nitrogen and oxygen atoms in total. The van der Waals surface area contributed by atoms with Crippen molar-refractivity contribution in [2.24, 2.45) is 0 Å². The number of amides is 2. The van der Waals surface area contributed by atoms with E-state index in [0.717, 1.165) is 6.07 Å². The van der Waals surface area contributed by atoms with Crippen LogP contribution in [0.4, 0.5) is 16.2 Å². The maximum absolute atomic E-state index is 11.5. The summed E-state index contributed by atoms with van der Waals surface area (Å²) >= 11 is 0. The van der Waals surface area contributed by atoms with Crippen LogP contribution >= 0.6 is 0 Å². The number of benzene rings is 1. The van der Waals surface area contributed by atoms with Gasteiger partial charge >= 0.3 is 12.0 Å². The molecule has 1 atom stereocenters. The standard InChI is InChI=1S/C11H13N3O7/c1-21-9-3-2-6(14(19)20)4-7(9)13-11(18)12-5-8(15)10(16)17/h2-4,8,15H,5H2,1H3,(H,16,17)(H2,12,13,18). The summed E-state index contributed by atoms with van der Waals surface area (Å²) in [4.78, 5) is 31.9. The summed E-state index contributed by atoms with van der Waals surface area (Å²) in [7, 11) is 1.32. The number of ether oxygens (including phenoxy) is 1. The molecule has 0 aromatic heterocycles. The maximum Gasteiger partial charge on any atom is 0.334 e. The van der Waals surface area contributed by atoms with Crippen LogP contribution in [0.1, 0.15) is 0 Å². The van der Waals surface area contributed by atoms with Gasteiger partial charge in [-0.3, -0.25) is 10.1 Å². The van der Waals surface area contributed by atoms with Crippen LogP contribution in [0.3, 0.4) is 0 Å². The number of hydrogen-bond acceptors (Lipinski definition) is 6. The molecule has 0 bridgehead atoms. The van der Waals surface area contributed by atoms with E-state index in [0.29, 0.717) is 0 Å². The number of nitro groups is 1. The van der Waals surface area contributed by atoms with E-state index in [1.165, 1.54) is 19.2 Å². The Morgan fingerprint density at radius 2 is 2.14 bits per heavy atom. The lowest BCUT2D eigenvalue weighted by Crippen LogP contribution is -2.38. The highest BCUT2D eigenvalue weighted by Gasteiger charge is 2.16. The Hall–Kier alpha value is -2.88. The van der Waals surface area contributed by atoms with Gasteiger partial charge in [0.05, 0.1) is 24.3 Å². The van der Waals surface area contributed by atoms with E-state index in [2.05, 4.69) is 10.6 Å². The number of methoxy groups -OCH3 is 1. The largest absolute Gasteiger partial charge is 0.495 e. The van der Waals surface area contributed by atoms with Crippen molar-refractivity contribution in [3.63, 3.8) is 0 Å². The highest BCUT2D eigenvalue weighted by Crippen LogP contribution is 2.28. The molecule has 0 fully saturated rings.